The summed E-state index contributed by atoms with van der Waals surface area (Å²) in [5.41, 5.74) is 1.13. The summed E-state index contributed by atoms with van der Waals surface area (Å²) in [7, 11) is 0. The Morgan fingerprint density at radius 1 is 0.864 bits per heavy atom. The van der Waals surface area contributed by atoms with Crippen LogP contribution in [0.1, 0.15) is 38.5 Å². The van der Waals surface area contributed by atoms with Gasteiger partial charge >= 0.3 is 12.1 Å². The van der Waals surface area contributed by atoms with Gasteiger partial charge in [-0.05, 0) is 32.1 Å². The highest BCUT2D eigenvalue weighted by molar-refractivity contribution is 5.88. The zero-order valence-electron chi connectivity index (χ0n) is 12.5. The molecular weight excluding hydrogens is 297 g/mol. The molecule has 1 aliphatic heterocycles. The molecule has 0 aromatic carbocycles. The van der Waals surface area contributed by atoms with Crippen molar-refractivity contribution in [3.05, 3.63) is 11.6 Å². The first-order chi connectivity index (χ1) is 10.4. The minimum atomic E-state index is -4.84. The van der Waals surface area contributed by atoms with E-state index >= 15 is 0 Å². The Balaban J connectivity index is 1.92. The maximum Gasteiger partial charge on any atom is 0.471 e. The number of alkyl halides is 3. The summed E-state index contributed by atoms with van der Waals surface area (Å²) in [4.78, 5) is 25.8. The standard InChI is InChI=1S/C15H21F3N2O2/c16-15(17,18)14(22)20-8-4-7-19(9-10-20)13(21)11-12-5-2-1-3-6-12/h11H,1-10H2. The predicted octanol–water partition coefficient (Wildman–Crippen LogP) is 2.50. The molecule has 0 aromatic heterocycles. The van der Waals surface area contributed by atoms with Crippen LogP contribution in [0.2, 0.25) is 0 Å². The van der Waals surface area contributed by atoms with E-state index in [1.807, 2.05) is 0 Å². The Bertz CT molecular complexity index is 452. The summed E-state index contributed by atoms with van der Waals surface area (Å²) >= 11 is 0. The van der Waals surface area contributed by atoms with Crippen LogP contribution in [-0.2, 0) is 9.59 Å². The zero-order chi connectivity index (χ0) is 16.2. The normalized spacial score (nSPS) is 20.6. The Morgan fingerprint density at radius 3 is 2.09 bits per heavy atom. The number of amides is 2. The summed E-state index contributed by atoms with van der Waals surface area (Å²) in [6.45, 7) is 0.528. The van der Waals surface area contributed by atoms with Crippen molar-refractivity contribution in [2.75, 3.05) is 26.2 Å². The van der Waals surface area contributed by atoms with Gasteiger partial charge < -0.3 is 9.80 Å². The van der Waals surface area contributed by atoms with Gasteiger partial charge in [0.15, 0.2) is 0 Å². The van der Waals surface area contributed by atoms with E-state index in [0.717, 1.165) is 36.2 Å². The molecule has 4 nitrogen and oxygen atoms in total. The molecule has 2 rings (SSSR count). The lowest BCUT2D eigenvalue weighted by Gasteiger charge is -2.22. The van der Waals surface area contributed by atoms with E-state index in [-0.39, 0.29) is 25.5 Å². The maximum absolute atomic E-state index is 12.4. The molecule has 0 unspecified atom stereocenters. The van der Waals surface area contributed by atoms with Crippen molar-refractivity contribution < 1.29 is 22.8 Å². The van der Waals surface area contributed by atoms with E-state index in [2.05, 4.69) is 0 Å². The van der Waals surface area contributed by atoms with Crippen LogP contribution < -0.4 is 0 Å². The van der Waals surface area contributed by atoms with E-state index in [1.54, 1.807) is 11.0 Å². The van der Waals surface area contributed by atoms with Crippen molar-refractivity contribution in [1.29, 1.82) is 0 Å². The maximum atomic E-state index is 12.4. The number of hydrogen-bond donors (Lipinski definition) is 0. The van der Waals surface area contributed by atoms with Crippen molar-refractivity contribution in [1.82, 2.24) is 9.80 Å². The molecule has 0 aromatic rings. The van der Waals surface area contributed by atoms with Gasteiger partial charge in [0.25, 0.3) is 0 Å². The minimum Gasteiger partial charge on any atom is -0.337 e. The Kier molecular flexibility index (Phi) is 5.47. The second-order valence-corrected chi connectivity index (χ2v) is 5.83. The van der Waals surface area contributed by atoms with Gasteiger partial charge in [0.05, 0.1) is 0 Å². The van der Waals surface area contributed by atoms with Crippen LogP contribution in [0, 0.1) is 0 Å². The highest BCUT2D eigenvalue weighted by Gasteiger charge is 2.42. The van der Waals surface area contributed by atoms with Crippen LogP contribution in [0.3, 0.4) is 0 Å². The molecule has 0 radical (unpaired) electrons. The fraction of sp³-hybridized carbons (Fsp3) is 0.733. The zero-order valence-corrected chi connectivity index (χ0v) is 12.5. The molecular formula is C15H21F3N2O2. The first-order valence-corrected chi connectivity index (χ1v) is 7.72. The van der Waals surface area contributed by atoms with Crippen molar-refractivity contribution in [2.24, 2.45) is 0 Å². The Labute approximate surface area is 127 Å². The lowest BCUT2D eigenvalue weighted by Crippen LogP contribution is -2.43. The molecule has 7 heteroatoms. The van der Waals surface area contributed by atoms with Gasteiger partial charge in [-0.15, -0.1) is 0 Å². The van der Waals surface area contributed by atoms with Crippen LogP contribution >= 0.6 is 0 Å². The van der Waals surface area contributed by atoms with Gasteiger partial charge in [0.2, 0.25) is 5.91 Å². The van der Waals surface area contributed by atoms with Crippen molar-refractivity contribution >= 4 is 11.8 Å². The van der Waals surface area contributed by atoms with Crippen LogP contribution in [-0.4, -0.2) is 54.0 Å². The van der Waals surface area contributed by atoms with Gasteiger partial charge in [-0.2, -0.15) is 13.2 Å². The quantitative estimate of drug-likeness (QED) is 0.697. The first kappa shape index (κ1) is 16.8. The molecule has 0 spiro atoms. The molecule has 0 atom stereocenters. The average molecular weight is 318 g/mol. The molecule has 22 heavy (non-hydrogen) atoms. The summed E-state index contributed by atoms with van der Waals surface area (Å²) in [5.74, 6) is -1.95. The number of carbonyl (C=O) groups is 2. The summed E-state index contributed by atoms with van der Waals surface area (Å²) < 4.78 is 37.3. The van der Waals surface area contributed by atoms with Gasteiger partial charge in [-0.25, -0.2) is 0 Å². The monoisotopic (exact) mass is 318 g/mol. The summed E-state index contributed by atoms with van der Waals surface area (Å²) in [6, 6.07) is 0. The lowest BCUT2D eigenvalue weighted by atomic mass is 9.94. The average Bonchev–Trinajstić information content (AvgIpc) is 2.72. The third-order valence-corrected chi connectivity index (χ3v) is 4.16. The second-order valence-electron chi connectivity index (χ2n) is 5.83. The molecule has 1 aliphatic carbocycles. The van der Waals surface area contributed by atoms with E-state index in [9.17, 15) is 22.8 Å². The van der Waals surface area contributed by atoms with Gasteiger partial charge in [-0.1, -0.05) is 12.0 Å². The smallest absolute Gasteiger partial charge is 0.337 e. The molecule has 0 bridgehead atoms. The molecule has 2 aliphatic rings. The fourth-order valence-corrected chi connectivity index (χ4v) is 2.94. The summed E-state index contributed by atoms with van der Waals surface area (Å²) in [6.07, 6.45) is 2.39. The predicted molar refractivity (Wildman–Crippen MR) is 75.0 cm³/mol. The lowest BCUT2D eigenvalue weighted by molar-refractivity contribution is -0.185. The number of allylic oxidation sites excluding steroid dienone is 1. The van der Waals surface area contributed by atoms with Crippen molar-refractivity contribution in [3.8, 4) is 0 Å². The van der Waals surface area contributed by atoms with Crippen LogP contribution in [0.15, 0.2) is 11.6 Å². The summed E-state index contributed by atoms with van der Waals surface area (Å²) in [5, 5.41) is 0. The second kappa shape index (κ2) is 7.15. The number of halogens is 3. The molecule has 124 valence electrons. The van der Waals surface area contributed by atoms with Crippen LogP contribution in [0.5, 0.6) is 0 Å². The van der Waals surface area contributed by atoms with Gasteiger partial charge in [0, 0.05) is 32.3 Å². The minimum absolute atomic E-state index is 0.0404. The van der Waals surface area contributed by atoms with Gasteiger partial charge in [0.1, 0.15) is 0 Å². The van der Waals surface area contributed by atoms with E-state index in [1.165, 1.54) is 6.42 Å². The highest BCUT2D eigenvalue weighted by Crippen LogP contribution is 2.23. The molecule has 1 saturated carbocycles. The van der Waals surface area contributed by atoms with Crippen LogP contribution in [0.25, 0.3) is 0 Å². The van der Waals surface area contributed by atoms with E-state index < -0.39 is 12.1 Å². The molecule has 0 N–H and O–H groups in total. The largest absolute Gasteiger partial charge is 0.471 e. The van der Waals surface area contributed by atoms with Crippen molar-refractivity contribution in [3.63, 3.8) is 0 Å². The van der Waals surface area contributed by atoms with Crippen molar-refractivity contribution in [2.45, 2.75) is 44.7 Å². The highest BCUT2D eigenvalue weighted by atomic mass is 19.4. The molecule has 1 heterocycles. The molecule has 2 fully saturated rings. The fourth-order valence-electron chi connectivity index (χ4n) is 2.94. The number of hydrogen-bond acceptors (Lipinski definition) is 2. The molecule has 1 saturated heterocycles. The number of carbonyl (C=O) groups excluding carboxylic acids is 2. The molecule has 2 amide bonds. The Hall–Kier alpha value is -1.53. The topological polar surface area (TPSA) is 40.6 Å². The Morgan fingerprint density at radius 2 is 1.45 bits per heavy atom. The number of nitrogens with zero attached hydrogens (tertiary/aromatic N) is 2. The third-order valence-electron chi connectivity index (χ3n) is 4.16. The van der Waals surface area contributed by atoms with E-state index in [0.29, 0.717) is 13.0 Å². The van der Waals surface area contributed by atoms with Crippen LogP contribution in [0.4, 0.5) is 13.2 Å². The van der Waals surface area contributed by atoms with Gasteiger partial charge in [-0.3, -0.25) is 9.59 Å². The van der Waals surface area contributed by atoms with E-state index in [4.69, 9.17) is 0 Å². The first-order valence-electron chi connectivity index (χ1n) is 7.72. The number of rotatable bonds is 1. The third kappa shape index (κ3) is 4.48. The SMILES string of the molecule is O=C(C=C1CCCCC1)N1CCCN(C(=O)C(F)(F)F)CC1.